The van der Waals surface area contributed by atoms with Crippen molar-refractivity contribution >= 4 is 34.4 Å². The van der Waals surface area contributed by atoms with Gasteiger partial charge >= 0.3 is 6.03 Å². The summed E-state index contributed by atoms with van der Waals surface area (Å²) in [4.78, 5) is 55.2. The third-order valence-electron chi connectivity index (χ3n) is 6.33. The number of amides is 4. The number of carbonyl (C=O) groups is 3. The highest BCUT2D eigenvalue weighted by Gasteiger charge is 2.39. The van der Waals surface area contributed by atoms with Crippen LogP contribution in [0.25, 0.3) is 16.6 Å². The van der Waals surface area contributed by atoms with Crippen molar-refractivity contribution in [1.29, 1.82) is 0 Å². The van der Waals surface area contributed by atoms with Gasteiger partial charge in [0.1, 0.15) is 18.3 Å². The van der Waals surface area contributed by atoms with Gasteiger partial charge in [0.05, 0.1) is 11.4 Å². The SMILES string of the molecule is Cc1c(NC(=O)CN2C(=O)N[C@@H](Cc3c[nH]c4ccccc34)C2=O)c(=O)n(-c2ccccc2)n1C. The molecule has 4 aromatic rings. The van der Waals surface area contributed by atoms with Crippen LogP contribution in [0.3, 0.4) is 0 Å². The van der Waals surface area contributed by atoms with E-state index in [4.69, 9.17) is 0 Å². The van der Waals surface area contributed by atoms with E-state index in [1.807, 2.05) is 48.7 Å². The third kappa shape index (κ3) is 3.88. The molecule has 1 atom stereocenters. The first-order chi connectivity index (χ1) is 16.8. The van der Waals surface area contributed by atoms with E-state index in [1.54, 1.807) is 30.8 Å². The summed E-state index contributed by atoms with van der Waals surface area (Å²) in [5, 5.41) is 6.22. The average Bonchev–Trinajstić information content (AvgIpc) is 3.45. The van der Waals surface area contributed by atoms with Gasteiger partial charge in [-0.3, -0.25) is 24.0 Å². The van der Waals surface area contributed by atoms with Gasteiger partial charge in [-0.1, -0.05) is 36.4 Å². The first-order valence-corrected chi connectivity index (χ1v) is 11.2. The van der Waals surface area contributed by atoms with Crippen LogP contribution in [0.2, 0.25) is 0 Å². The number of aromatic amines is 1. The molecule has 1 fully saturated rings. The number of carbonyl (C=O) groups excluding carboxylic acids is 3. The third-order valence-corrected chi connectivity index (χ3v) is 6.33. The van der Waals surface area contributed by atoms with Crippen LogP contribution in [0.5, 0.6) is 0 Å². The molecule has 3 heterocycles. The standard InChI is InChI=1S/C25H24N6O4/c1-15-22(24(34)31(29(15)2)17-8-4-3-5-9-17)28-21(32)14-30-23(33)20(27-25(30)35)12-16-13-26-19-11-7-6-10-18(16)19/h3-11,13,20,26H,12,14H2,1-2H3,(H,27,35)(H,28,32)/t20-/m0/s1. The van der Waals surface area contributed by atoms with Crippen molar-refractivity contribution in [2.45, 2.75) is 19.4 Å². The van der Waals surface area contributed by atoms with Crippen molar-refractivity contribution in [2.75, 3.05) is 11.9 Å². The lowest BCUT2D eigenvalue weighted by atomic mass is 10.1. The molecule has 1 aliphatic heterocycles. The van der Waals surface area contributed by atoms with E-state index in [0.717, 1.165) is 21.4 Å². The molecule has 178 valence electrons. The van der Waals surface area contributed by atoms with Crippen molar-refractivity contribution in [3.63, 3.8) is 0 Å². The lowest BCUT2D eigenvalue weighted by Crippen LogP contribution is -2.39. The Kier molecular flexibility index (Phi) is 5.48. The minimum Gasteiger partial charge on any atom is -0.361 e. The Morgan fingerprint density at radius 1 is 1.03 bits per heavy atom. The number of rotatable bonds is 6. The van der Waals surface area contributed by atoms with Crippen molar-refractivity contribution in [3.05, 3.63) is 82.4 Å². The van der Waals surface area contributed by atoms with E-state index in [2.05, 4.69) is 15.6 Å². The minimum atomic E-state index is -0.775. The van der Waals surface area contributed by atoms with Crippen LogP contribution >= 0.6 is 0 Å². The van der Waals surface area contributed by atoms with Crippen molar-refractivity contribution in [1.82, 2.24) is 24.6 Å². The van der Waals surface area contributed by atoms with Gasteiger partial charge in [0.15, 0.2) is 0 Å². The summed E-state index contributed by atoms with van der Waals surface area (Å²) in [6.45, 7) is 1.22. The van der Waals surface area contributed by atoms with Gasteiger partial charge < -0.3 is 15.6 Å². The number of aromatic nitrogens is 3. The second-order valence-corrected chi connectivity index (χ2v) is 8.47. The smallest absolute Gasteiger partial charge is 0.325 e. The summed E-state index contributed by atoms with van der Waals surface area (Å²) < 4.78 is 3.08. The largest absolute Gasteiger partial charge is 0.361 e. The molecule has 0 unspecified atom stereocenters. The highest BCUT2D eigenvalue weighted by atomic mass is 16.2. The lowest BCUT2D eigenvalue weighted by molar-refractivity contribution is -0.130. The molecular formula is C25H24N6O4. The number of urea groups is 1. The highest BCUT2D eigenvalue weighted by Crippen LogP contribution is 2.21. The molecule has 5 rings (SSSR count). The number of hydrogen-bond donors (Lipinski definition) is 3. The summed E-state index contributed by atoms with van der Waals surface area (Å²) in [5.74, 6) is -1.12. The van der Waals surface area contributed by atoms with Crippen LogP contribution in [0.15, 0.2) is 65.6 Å². The number of para-hydroxylation sites is 2. The molecule has 4 amide bonds. The highest BCUT2D eigenvalue weighted by molar-refractivity contribution is 6.08. The summed E-state index contributed by atoms with van der Waals surface area (Å²) in [6.07, 6.45) is 2.11. The van der Waals surface area contributed by atoms with E-state index in [1.165, 1.54) is 4.68 Å². The summed E-state index contributed by atoms with van der Waals surface area (Å²) in [5.41, 5.74) is 2.73. The molecule has 0 bridgehead atoms. The van der Waals surface area contributed by atoms with Gasteiger partial charge in [-0.05, 0) is 30.7 Å². The maximum Gasteiger partial charge on any atom is 0.325 e. The van der Waals surface area contributed by atoms with Crippen molar-refractivity contribution in [3.8, 4) is 5.69 Å². The van der Waals surface area contributed by atoms with Gasteiger partial charge in [-0.25, -0.2) is 9.48 Å². The molecule has 0 radical (unpaired) electrons. The van der Waals surface area contributed by atoms with E-state index < -0.39 is 36.0 Å². The summed E-state index contributed by atoms with van der Waals surface area (Å²) in [7, 11) is 1.71. The second kappa shape index (κ2) is 8.64. The lowest BCUT2D eigenvalue weighted by Gasteiger charge is -2.12. The van der Waals surface area contributed by atoms with E-state index in [9.17, 15) is 19.2 Å². The quantitative estimate of drug-likeness (QED) is 0.372. The van der Waals surface area contributed by atoms with Gasteiger partial charge in [0.25, 0.3) is 11.5 Å². The minimum absolute atomic E-state index is 0.101. The van der Waals surface area contributed by atoms with Crippen LogP contribution in [0.4, 0.5) is 10.5 Å². The Balaban J connectivity index is 1.30. The number of imide groups is 1. The maximum atomic E-state index is 13.0. The van der Waals surface area contributed by atoms with E-state index in [-0.39, 0.29) is 5.69 Å². The Morgan fingerprint density at radius 3 is 2.51 bits per heavy atom. The molecule has 0 aliphatic carbocycles. The Bertz CT molecular complexity index is 1510. The van der Waals surface area contributed by atoms with Crippen molar-refractivity contribution < 1.29 is 14.4 Å². The fourth-order valence-corrected chi connectivity index (χ4v) is 4.42. The summed E-state index contributed by atoms with van der Waals surface area (Å²) in [6, 6.07) is 15.3. The van der Waals surface area contributed by atoms with Crippen molar-refractivity contribution in [2.24, 2.45) is 7.05 Å². The van der Waals surface area contributed by atoms with Crippen LogP contribution < -0.4 is 16.2 Å². The predicted octanol–water partition coefficient (Wildman–Crippen LogP) is 2.07. The molecule has 0 saturated carbocycles. The van der Waals surface area contributed by atoms with Crippen LogP contribution in [-0.2, 0) is 23.1 Å². The van der Waals surface area contributed by atoms with E-state index in [0.29, 0.717) is 17.8 Å². The molecule has 35 heavy (non-hydrogen) atoms. The molecule has 10 heteroatoms. The first kappa shape index (κ1) is 22.2. The molecule has 2 aromatic carbocycles. The van der Waals surface area contributed by atoms with Crippen LogP contribution in [0, 0.1) is 6.92 Å². The molecule has 2 aromatic heterocycles. The number of benzene rings is 2. The maximum absolute atomic E-state index is 13.0. The van der Waals surface area contributed by atoms with Gasteiger partial charge in [0.2, 0.25) is 5.91 Å². The molecule has 1 saturated heterocycles. The van der Waals surface area contributed by atoms with Gasteiger partial charge in [-0.2, -0.15) is 0 Å². The number of nitrogens with one attached hydrogen (secondary N) is 3. The fourth-order valence-electron chi connectivity index (χ4n) is 4.42. The molecular weight excluding hydrogens is 448 g/mol. The number of H-pyrrole nitrogens is 1. The molecule has 10 nitrogen and oxygen atoms in total. The molecule has 1 aliphatic rings. The number of nitrogens with zero attached hydrogens (tertiary/aromatic N) is 3. The average molecular weight is 473 g/mol. The van der Waals surface area contributed by atoms with E-state index >= 15 is 0 Å². The van der Waals surface area contributed by atoms with Gasteiger partial charge in [0, 0.05) is 30.6 Å². The predicted molar refractivity (Wildman–Crippen MR) is 130 cm³/mol. The first-order valence-electron chi connectivity index (χ1n) is 11.2. The van der Waals surface area contributed by atoms with Crippen LogP contribution in [-0.4, -0.2) is 49.7 Å². The molecule has 0 spiro atoms. The van der Waals surface area contributed by atoms with Crippen LogP contribution in [0.1, 0.15) is 11.3 Å². The number of fused-ring (bicyclic) bond motifs is 1. The zero-order chi connectivity index (χ0) is 24.7. The Hall–Kier alpha value is -4.60. The monoisotopic (exact) mass is 472 g/mol. The number of hydrogen-bond acceptors (Lipinski definition) is 4. The Morgan fingerprint density at radius 2 is 1.74 bits per heavy atom. The summed E-state index contributed by atoms with van der Waals surface area (Å²) >= 11 is 0. The second-order valence-electron chi connectivity index (χ2n) is 8.47. The number of anilines is 1. The molecule has 3 N–H and O–H groups in total. The zero-order valence-electron chi connectivity index (χ0n) is 19.2. The normalized spacial score (nSPS) is 15.6. The van der Waals surface area contributed by atoms with Gasteiger partial charge in [-0.15, -0.1) is 0 Å². The fraction of sp³-hybridized carbons (Fsp3) is 0.200. The topological polar surface area (TPSA) is 121 Å². The Labute approximate surface area is 200 Å². The zero-order valence-corrected chi connectivity index (χ0v) is 19.2.